The maximum atomic E-state index is 10.7. The van der Waals surface area contributed by atoms with Crippen molar-refractivity contribution in [3.63, 3.8) is 0 Å². The van der Waals surface area contributed by atoms with Crippen LogP contribution in [0.2, 0.25) is 0 Å². The Kier molecular flexibility index (Phi) is 7.41. The number of hydrogen-bond donors (Lipinski definition) is 7. The molecule has 8 N–H and O–H groups in total. The van der Waals surface area contributed by atoms with Crippen molar-refractivity contribution in [2.45, 2.75) is 24.5 Å². The van der Waals surface area contributed by atoms with Crippen molar-refractivity contribution in [1.29, 1.82) is 0 Å². The quantitative estimate of drug-likeness (QED) is 0.264. The van der Waals surface area contributed by atoms with Crippen LogP contribution in [-0.4, -0.2) is 72.3 Å². The Morgan fingerprint density at radius 1 is 0.950 bits per heavy atom. The van der Waals surface area contributed by atoms with E-state index in [1.807, 2.05) is 0 Å². The normalized spacial score (nSPS) is 15.8. The van der Waals surface area contributed by atoms with E-state index >= 15 is 0 Å². The van der Waals surface area contributed by atoms with Crippen molar-refractivity contribution in [3.8, 4) is 0 Å². The second-order valence-electron chi connectivity index (χ2n) is 3.78. The molecule has 0 aromatic carbocycles. The molecule has 0 aliphatic carbocycles. The Labute approximate surface area is 111 Å². The topological polar surface area (TPSA) is 216 Å². The number of carboxylic acid groups (broad SMARTS) is 4. The number of aliphatic carboxylic acids is 4. The molecule has 0 aliphatic heterocycles. The van der Waals surface area contributed by atoms with E-state index in [1.54, 1.807) is 0 Å². The van der Waals surface area contributed by atoms with Gasteiger partial charge in [0.15, 0.2) is 11.1 Å². The fraction of sp³-hybridized carbons (Fsp3) is 0.556. The fourth-order valence-electron chi connectivity index (χ4n) is 0.885. The van der Waals surface area contributed by atoms with E-state index in [0.717, 1.165) is 0 Å². The molecule has 0 bridgehead atoms. The van der Waals surface area contributed by atoms with Gasteiger partial charge in [0.05, 0.1) is 6.42 Å². The van der Waals surface area contributed by atoms with E-state index in [9.17, 15) is 19.5 Å². The molecule has 0 spiro atoms. The zero-order valence-corrected chi connectivity index (χ0v) is 10.3. The summed E-state index contributed by atoms with van der Waals surface area (Å²) in [4.78, 5) is 40.7. The second kappa shape index (κ2) is 7.37. The number of aliphatic hydroxyl groups excluding tert-OH is 1. The number of hydrogen-bond acceptors (Lipinski definition) is 7. The molecule has 0 aromatic heterocycles. The lowest BCUT2D eigenvalue weighted by Crippen LogP contribution is -2.68. The molecule has 116 valence electrons. The molecule has 0 aromatic rings. The van der Waals surface area contributed by atoms with Crippen molar-refractivity contribution in [3.05, 3.63) is 0 Å². The SMILES string of the molecule is CC(O)(C(=O)O)C(N)(CC(=O)O)C(=O)O.O=C(O)CO. The maximum Gasteiger partial charge on any atom is 0.338 e. The standard InChI is InChI=1S/C7H11NO7.C2H4O3/c1-6(15,4(11)12)7(8,5(13)14)2-3(9)10;3-1-2(4)5/h15H,2,8H2,1H3,(H,9,10)(H,11,12)(H,13,14);3H,1H2,(H,4,5). The van der Waals surface area contributed by atoms with Crippen LogP contribution in [0, 0.1) is 0 Å². The Balaban J connectivity index is 0. The van der Waals surface area contributed by atoms with Gasteiger partial charge in [-0.1, -0.05) is 0 Å². The Hall–Kier alpha value is -2.24. The van der Waals surface area contributed by atoms with E-state index in [0.29, 0.717) is 6.92 Å². The molecule has 11 heteroatoms. The number of nitrogens with two attached hydrogens (primary N) is 1. The fourth-order valence-corrected chi connectivity index (χ4v) is 0.885. The van der Waals surface area contributed by atoms with Gasteiger partial charge in [0.25, 0.3) is 0 Å². The zero-order chi connectivity index (χ0) is 16.7. The van der Waals surface area contributed by atoms with Crippen LogP contribution in [0.25, 0.3) is 0 Å². The highest BCUT2D eigenvalue weighted by molar-refractivity contribution is 5.94. The second-order valence-corrected chi connectivity index (χ2v) is 3.78. The summed E-state index contributed by atoms with van der Waals surface area (Å²) in [5.74, 6) is -6.63. The van der Waals surface area contributed by atoms with Crippen LogP contribution in [0.3, 0.4) is 0 Å². The molecule has 11 nitrogen and oxygen atoms in total. The van der Waals surface area contributed by atoms with E-state index < -0.39 is 48.0 Å². The lowest BCUT2D eigenvalue weighted by atomic mass is 9.79. The summed E-state index contributed by atoms with van der Waals surface area (Å²) in [7, 11) is 0. The summed E-state index contributed by atoms with van der Waals surface area (Å²) < 4.78 is 0. The van der Waals surface area contributed by atoms with Crippen molar-refractivity contribution >= 4 is 23.9 Å². The molecule has 0 radical (unpaired) electrons. The third-order valence-corrected chi connectivity index (χ3v) is 2.23. The van der Waals surface area contributed by atoms with Gasteiger partial charge in [-0.15, -0.1) is 0 Å². The summed E-state index contributed by atoms with van der Waals surface area (Å²) in [5.41, 5.74) is -0.556. The minimum Gasteiger partial charge on any atom is -0.481 e. The third-order valence-electron chi connectivity index (χ3n) is 2.23. The maximum absolute atomic E-state index is 10.7. The molecule has 2 atom stereocenters. The summed E-state index contributed by atoms with van der Waals surface area (Å²) >= 11 is 0. The van der Waals surface area contributed by atoms with E-state index in [4.69, 9.17) is 36.1 Å². The lowest BCUT2D eigenvalue weighted by molar-refractivity contribution is -0.177. The summed E-state index contributed by atoms with van der Waals surface area (Å²) in [6.45, 7) is -0.146. The predicted octanol–water partition coefficient (Wildman–Crippen LogP) is -2.86. The molecule has 0 amide bonds. The lowest BCUT2D eigenvalue weighted by Gasteiger charge is -2.34. The predicted molar refractivity (Wildman–Crippen MR) is 59.8 cm³/mol. The summed E-state index contributed by atoms with van der Waals surface area (Å²) in [6.07, 6.45) is -1.21. The highest BCUT2D eigenvalue weighted by Gasteiger charge is 2.57. The van der Waals surface area contributed by atoms with Crippen LogP contribution >= 0.6 is 0 Å². The number of carbonyl (C=O) groups is 4. The van der Waals surface area contributed by atoms with Crippen molar-refractivity contribution in [2.75, 3.05) is 6.61 Å². The van der Waals surface area contributed by atoms with Gasteiger partial charge in [-0.2, -0.15) is 0 Å². The Bertz CT molecular complexity index is 404. The van der Waals surface area contributed by atoms with Gasteiger partial charge < -0.3 is 36.4 Å². The van der Waals surface area contributed by atoms with Crippen molar-refractivity contribution in [2.24, 2.45) is 5.73 Å². The molecule has 0 saturated heterocycles. The first kappa shape index (κ1) is 20.1. The molecular formula is C9H15NO10. The minimum absolute atomic E-state index is 0.631. The average molecular weight is 297 g/mol. The number of carboxylic acids is 4. The first-order valence-corrected chi connectivity index (χ1v) is 4.85. The van der Waals surface area contributed by atoms with Gasteiger partial charge in [-0.25, -0.2) is 9.59 Å². The molecule has 0 fully saturated rings. The first-order valence-electron chi connectivity index (χ1n) is 4.85. The number of aliphatic hydroxyl groups is 2. The van der Waals surface area contributed by atoms with Crippen LogP contribution < -0.4 is 5.73 Å². The highest BCUT2D eigenvalue weighted by atomic mass is 16.4. The van der Waals surface area contributed by atoms with Crippen LogP contribution in [0.5, 0.6) is 0 Å². The highest BCUT2D eigenvalue weighted by Crippen LogP contribution is 2.24. The molecule has 20 heavy (non-hydrogen) atoms. The van der Waals surface area contributed by atoms with E-state index in [2.05, 4.69) is 0 Å². The number of rotatable bonds is 6. The van der Waals surface area contributed by atoms with Gasteiger partial charge in [0, 0.05) is 0 Å². The van der Waals surface area contributed by atoms with Crippen LogP contribution in [-0.2, 0) is 19.2 Å². The Morgan fingerprint density at radius 3 is 1.45 bits per heavy atom. The summed E-state index contributed by atoms with van der Waals surface area (Å²) in [5, 5.41) is 50.0. The molecule has 0 heterocycles. The third kappa shape index (κ3) is 5.17. The smallest absolute Gasteiger partial charge is 0.338 e. The van der Waals surface area contributed by atoms with Gasteiger partial charge >= 0.3 is 23.9 Å². The molecular weight excluding hydrogens is 282 g/mol. The summed E-state index contributed by atoms with van der Waals surface area (Å²) in [6, 6.07) is 0. The zero-order valence-electron chi connectivity index (χ0n) is 10.3. The van der Waals surface area contributed by atoms with Gasteiger partial charge in [0.1, 0.15) is 6.61 Å². The average Bonchev–Trinajstić information content (AvgIpc) is 2.27. The molecule has 0 rings (SSSR count). The van der Waals surface area contributed by atoms with Crippen LogP contribution in [0.15, 0.2) is 0 Å². The van der Waals surface area contributed by atoms with Crippen LogP contribution in [0.4, 0.5) is 0 Å². The van der Waals surface area contributed by atoms with Crippen LogP contribution in [0.1, 0.15) is 13.3 Å². The van der Waals surface area contributed by atoms with E-state index in [1.165, 1.54) is 0 Å². The Morgan fingerprint density at radius 2 is 1.30 bits per heavy atom. The molecule has 2 unspecified atom stereocenters. The molecule has 0 aliphatic rings. The largest absolute Gasteiger partial charge is 0.481 e. The van der Waals surface area contributed by atoms with Gasteiger partial charge in [-0.05, 0) is 6.92 Å². The monoisotopic (exact) mass is 297 g/mol. The van der Waals surface area contributed by atoms with Crippen molar-refractivity contribution in [1.82, 2.24) is 0 Å². The van der Waals surface area contributed by atoms with Gasteiger partial charge in [-0.3, -0.25) is 9.59 Å². The van der Waals surface area contributed by atoms with Crippen molar-refractivity contribution < 1.29 is 49.8 Å². The molecule has 0 saturated carbocycles. The van der Waals surface area contributed by atoms with Gasteiger partial charge in [0.2, 0.25) is 0 Å². The minimum atomic E-state index is -2.88. The first-order chi connectivity index (χ1) is 8.82. The van der Waals surface area contributed by atoms with E-state index in [-0.39, 0.29) is 0 Å².